The predicted octanol–water partition coefficient (Wildman–Crippen LogP) is 3.13. The van der Waals surface area contributed by atoms with Gasteiger partial charge in [0.15, 0.2) is 10.3 Å². The summed E-state index contributed by atoms with van der Waals surface area (Å²) in [5.41, 5.74) is -0.683. The van der Waals surface area contributed by atoms with Gasteiger partial charge in [-0.05, 0) is 18.9 Å². The van der Waals surface area contributed by atoms with Gasteiger partial charge in [-0.3, -0.25) is 4.79 Å². The number of carbonyl (C=O) groups is 1. The Balaban J connectivity index is 2.21. The van der Waals surface area contributed by atoms with Crippen molar-refractivity contribution in [1.82, 2.24) is 15.5 Å². The lowest BCUT2D eigenvalue weighted by atomic mass is 9.91. The molecule has 1 amide bonds. The number of aromatic nitrogens is 2. The number of nitriles is 1. The van der Waals surface area contributed by atoms with Gasteiger partial charge < -0.3 is 5.32 Å². The van der Waals surface area contributed by atoms with Crippen LogP contribution in [0.5, 0.6) is 0 Å². The maximum Gasteiger partial charge on any atom is 0.255 e. The van der Waals surface area contributed by atoms with Gasteiger partial charge in [0.2, 0.25) is 0 Å². The Morgan fingerprint density at radius 3 is 2.50 bits per heavy atom. The van der Waals surface area contributed by atoms with Gasteiger partial charge in [-0.2, -0.15) is 5.26 Å². The van der Waals surface area contributed by atoms with E-state index in [0.717, 1.165) is 25.7 Å². The largest absolute Gasteiger partial charge is 0.334 e. The third-order valence-electron chi connectivity index (χ3n) is 3.49. The van der Waals surface area contributed by atoms with Crippen molar-refractivity contribution in [2.75, 3.05) is 0 Å². The Morgan fingerprint density at radius 1 is 1.25 bits per heavy atom. The molecule has 0 aromatic carbocycles. The van der Waals surface area contributed by atoms with E-state index in [1.807, 2.05) is 0 Å². The van der Waals surface area contributed by atoms with Crippen LogP contribution < -0.4 is 5.32 Å². The standard InChI is InChI=1S/C13H14Cl2N4O/c14-10-7-9(11(15)19-18-10)12(20)17-13(8-16)5-3-1-2-4-6-13/h7H,1-6H2,(H,17,20). The molecule has 0 spiro atoms. The first-order valence-corrected chi connectivity index (χ1v) is 7.24. The van der Waals surface area contributed by atoms with E-state index in [2.05, 4.69) is 21.6 Å². The van der Waals surface area contributed by atoms with Gasteiger partial charge in [-0.1, -0.05) is 48.9 Å². The first kappa shape index (κ1) is 15.0. The van der Waals surface area contributed by atoms with Crippen molar-refractivity contribution >= 4 is 29.1 Å². The van der Waals surface area contributed by atoms with Gasteiger partial charge in [0.1, 0.15) is 5.54 Å². The van der Waals surface area contributed by atoms with E-state index in [0.29, 0.717) is 12.8 Å². The highest BCUT2D eigenvalue weighted by atomic mass is 35.5. The van der Waals surface area contributed by atoms with Gasteiger partial charge in [0.05, 0.1) is 11.6 Å². The van der Waals surface area contributed by atoms with Crippen LogP contribution in [0.1, 0.15) is 48.9 Å². The molecule has 1 saturated carbocycles. The van der Waals surface area contributed by atoms with E-state index in [9.17, 15) is 10.1 Å². The normalized spacial score (nSPS) is 17.9. The number of halogens is 2. The molecule has 7 heteroatoms. The fourth-order valence-electron chi connectivity index (χ4n) is 2.39. The van der Waals surface area contributed by atoms with Crippen molar-refractivity contribution < 1.29 is 4.79 Å². The second-order valence-electron chi connectivity index (χ2n) is 4.93. The van der Waals surface area contributed by atoms with Crippen LogP contribution in [-0.4, -0.2) is 21.6 Å². The molecule has 106 valence electrons. The second kappa shape index (κ2) is 6.38. The van der Waals surface area contributed by atoms with Crippen LogP contribution in [0.4, 0.5) is 0 Å². The Kier molecular flexibility index (Phi) is 4.79. The minimum Gasteiger partial charge on any atom is -0.334 e. The van der Waals surface area contributed by atoms with Crippen LogP contribution in [0.25, 0.3) is 0 Å². The number of nitrogens with zero attached hydrogens (tertiary/aromatic N) is 3. The van der Waals surface area contributed by atoms with E-state index < -0.39 is 11.4 Å². The van der Waals surface area contributed by atoms with Gasteiger partial charge in [-0.25, -0.2) is 0 Å². The molecule has 0 aliphatic heterocycles. The highest BCUT2D eigenvalue weighted by molar-refractivity contribution is 6.34. The third kappa shape index (κ3) is 3.38. The van der Waals surface area contributed by atoms with Crippen molar-refractivity contribution in [3.05, 3.63) is 21.9 Å². The molecular weight excluding hydrogens is 299 g/mol. The summed E-state index contributed by atoms with van der Waals surface area (Å²) >= 11 is 11.6. The van der Waals surface area contributed by atoms with Crippen LogP contribution in [0, 0.1) is 11.3 Å². The monoisotopic (exact) mass is 312 g/mol. The van der Waals surface area contributed by atoms with E-state index in [4.69, 9.17) is 23.2 Å². The van der Waals surface area contributed by atoms with Gasteiger partial charge in [0.25, 0.3) is 5.91 Å². The van der Waals surface area contributed by atoms with E-state index >= 15 is 0 Å². The van der Waals surface area contributed by atoms with Crippen molar-refractivity contribution in [1.29, 1.82) is 5.26 Å². The van der Waals surface area contributed by atoms with Crippen LogP contribution in [0.3, 0.4) is 0 Å². The molecule has 1 heterocycles. The Hall–Kier alpha value is -1.38. The summed E-state index contributed by atoms with van der Waals surface area (Å²) in [6, 6.07) is 3.60. The molecule has 1 aromatic heterocycles. The van der Waals surface area contributed by atoms with Gasteiger partial charge >= 0.3 is 0 Å². The third-order valence-corrected chi connectivity index (χ3v) is 3.95. The fraction of sp³-hybridized carbons (Fsp3) is 0.538. The number of amides is 1. The summed E-state index contributed by atoms with van der Waals surface area (Å²) in [6.07, 6.45) is 5.33. The zero-order valence-electron chi connectivity index (χ0n) is 10.8. The molecule has 1 aliphatic rings. The molecule has 1 N–H and O–H groups in total. The van der Waals surface area contributed by atoms with E-state index in [1.165, 1.54) is 6.07 Å². The quantitative estimate of drug-likeness (QED) is 0.851. The Morgan fingerprint density at radius 2 is 1.90 bits per heavy atom. The molecule has 0 radical (unpaired) electrons. The van der Waals surface area contributed by atoms with Crippen molar-refractivity contribution in [2.45, 2.75) is 44.1 Å². The fourth-order valence-corrected chi connectivity index (χ4v) is 2.72. The van der Waals surface area contributed by atoms with Crippen molar-refractivity contribution in [3.8, 4) is 6.07 Å². The van der Waals surface area contributed by atoms with Crippen LogP contribution in [0.2, 0.25) is 10.3 Å². The second-order valence-corrected chi connectivity index (χ2v) is 5.68. The highest BCUT2D eigenvalue weighted by Crippen LogP contribution is 2.27. The molecule has 0 atom stereocenters. The topological polar surface area (TPSA) is 78.7 Å². The minimum absolute atomic E-state index is 0.0198. The smallest absolute Gasteiger partial charge is 0.255 e. The minimum atomic E-state index is -0.827. The molecule has 1 aromatic rings. The Bertz CT molecular complexity index is 548. The molecule has 5 nitrogen and oxygen atoms in total. The average molecular weight is 313 g/mol. The summed E-state index contributed by atoms with van der Waals surface area (Å²) in [5.74, 6) is -0.435. The predicted molar refractivity (Wildman–Crippen MR) is 75.6 cm³/mol. The molecule has 2 rings (SSSR count). The van der Waals surface area contributed by atoms with Crippen LogP contribution in [0.15, 0.2) is 6.07 Å². The molecule has 20 heavy (non-hydrogen) atoms. The molecular formula is C13H14Cl2N4O. The number of rotatable bonds is 2. The molecule has 0 bridgehead atoms. The average Bonchev–Trinajstić information content (AvgIpc) is 2.67. The van der Waals surface area contributed by atoms with E-state index in [1.54, 1.807) is 0 Å². The van der Waals surface area contributed by atoms with Crippen LogP contribution >= 0.6 is 23.2 Å². The number of nitrogens with one attached hydrogen (secondary N) is 1. The summed E-state index contributed by atoms with van der Waals surface area (Å²) in [4.78, 5) is 12.3. The maximum atomic E-state index is 12.3. The first-order valence-electron chi connectivity index (χ1n) is 6.49. The van der Waals surface area contributed by atoms with Gasteiger partial charge in [0, 0.05) is 0 Å². The highest BCUT2D eigenvalue weighted by Gasteiger charge is 2.33. The van der Waals surface area contributed by atoms with Crippen molar-refractivity contribution in [3.63, 3.8) is 0 Å². The molecule has 1 fully saturated rings. The van der Waals surface area contributed by atoms with E-state index in [-0.39, 0.29) is 15.9 Å². The summed E-state index contributed by atoms with van der Waals surface area (Å²) in [5, 5.41) is 19.5. The zero-order chi connectivity index (χ0) is 14.6. The summed E-state index contributed by atoms with van der Waals surface area (Å²) in [6.45, 7) is 0. The number of hydrogen-bond donors (Lipinski definition) is 1. The molecule has 1 aliphatic carbocycles. The van der Waals surface area contributed by atoms with Crippen LogP contribution in [-0.2, 0) is 0 Å². The number of hydrogen-bond acceptors (Lipinski definition) is 4. The molecule has 0 unspecified atom stereocenters. The van der Waals surface area contributed by atoms with Crippen molar-refractivity contribution in [2.24, 2.45) is 0 Å². The molecule has 0 saturated heterocycles. The zero-order valence-corrected chi connectivity index (χ0v) is 12.3. The first-order chi connectivity index (χ1) is 9.56. The summed E-state index contributed by atoms with van der Waals surface area (Å²) < 4.78 is 0. The summed E-state index contributed by atoms with van der Waals surface area (Å²) in [7, 11) is 0. The maximum absolute atomic E-state index is 12.3. The lowest BCUT2D eigenvalue weighted by Gasteiger charge is -2.26. The SMILES string of the molecule is N#CC1(NC(=O)c2cc(Cl)nnc2Cl)CCCCCC1. The number of carbonyl (C=O) groups excluding carboxylic acids is 1. The lowest BCUT2D eigenvalue weighted by molar-refractivity contribution is 0.0912. The lowest BCUT2D eigenvalue weighted by Crippen LogP contribution is -2.47. The van der Waals surface area contributed by atoms with Gasteiger partial charge in [-0.15, -0.1) is 10.2 Å². The Labute approximate surface area is 127 Å².